The molecule has 0 bridgehead atoms. The van der Waals surface area contributed by atoms with Crippen LogP contribution in [0.15, 0.2) is 59.6 Å². The van der Waals surface area contributed by atoms with E-state index in [4.69, 9.17) is 14.5 Å². The Balaban J connectivity index is 0.00000341. The lowest BCUT2D eigenvalue weighted by molar-refractivity contribution is 0.172. The summed E-state index contributed by atoms with van der Waals surface area (Å²) in [7, 11) is 3.45. The molecule has 0 spiro atoms. The molecule has 3 aromatic rings. The smallest absolute Gasteiger partial charge is 0.195 e. The molecule has 0 amide bonds. The van der Waals surface area contributed by atoms with E-state index in [1.165, 1.54) is 4.88 Å². The Kier molecular flexibility index (Phi) is 10.8. The zero-order valence-electron chi connectivity index (χ0n) is 18.1. The van der Waals surface area contributed by atoms with Gasteiger partial charge in [-0.3, -0.25) is 4.99 Å². The Bertz CT molecular complexity index is 963. The third kappa shape index (κ3) is 7.79. The van der Waals surface area contributed by atoms with Gasteiger partial charge in [-0.2, -0.15) is 0 Å². The van der Waals surface area contributed by atoms with Crippen molar-refractivity contribution in [1.82, 2.24) is 10.3 Å². The number of hydrogen-bond acceptors (Lipinski definition) is 5. The number of methoxy groups -OCH3 is 1. The number of halogens is 1. The van der Waals surface area contributed by atoms with Gasteiger partial charge in [0.2, 0.25) is 0 Å². The largest absolute Gasteiger partial charge is 0.493 e. The molecule has 2 aromatic carbocycles. The van der Waals surface area contributed by atoms with Crippen molar-refractivity contribution >= 4 is 47.0 Å². The standard InChI is InChI=1S/C23H28N4O2S.HI/c1-17-21(30-22(26-17)18-9-5-4-6-10-18)16-25-23(24-2)27-19-11-7-12-20(15-19)29-14-8-13-28-3;/h4-7,9-12,15H,8,13-14,16H2,1-3H3,(H2,24,25,27);1H. The SMILES string of the molecule is CN=C(NCc1sc(-c2ccccc2)nc1C)Nc1cccc(OCCCOC)c1.I. The molecule has 31 heavy (non-hydrogen) atoms. The second kappa shape index (κ2) is 13.3. The first-order valence-electron chi connectivity index (χ1n) is 9.91. The van der Waals surface area contributed by atoms with E-state index >= 15 is 0 Å². The van der Waals surface area contributed by atoms with Crippen LogP contribution < -0.4 is 15.4 Å². The van der Waals surface area contributed by atoms with Gasteiger partial charge in [-0.15, -0.1) is 35.3 Å². The summed E-state index contributed by atoms with van der Waals surface area (Å²) in [4.78, 5) is 10.2. The second-order valence-electron chi connectivity index (χ2n) is 6.67. The van der Waals surface area contributed by atoms with Crippen molar-refractivity contribution in [3.63, 3.8) is 0 Å². The fourth-order valence-electron chi connectivity index (χ4n) is 2.83. The first kappa shape index (κ1) is 25.1. The number of aliphatic imine (C=N–C) groups is 1. The molecule has 8 heteroatoms. The van der Waals surface area contributed by atoms with E-state index < -0.39 is 0 Å². The molecule has 3 rings (SSSR count). The number of rotatable bonds is 9. The highest BCUT2D eigenvalue weighted by molar-refractivity contribution is 14.0. The van der Waals surface area contributed by atoms with Crippen molar-refractivity contribution in [1.29, 1.82) is 0 Å². The Hall–Kier alpha value is -2.17. The zero-order chi connectivity index (χ0) is 21.2. The summed E-state index contributed by atoms with van der Waals surface area (Å²) in [5.41, 5.74) is 3.09. The normalized spacial score (nSPS) is 11.0. The number of hydrogen-bond donors (Lipinski definition) is 2. The number of anilines is 1. The third-order valence-corrected chi connectivity index (χ3v) is 5.62. The second-order valence-corrected chi connectivity index (χ2v) is 7.75. The van der Waals surface area contributed by atoms with Gasteiger partial charge >= 0.3 is 0 Å². The van der Waals surface area contributed by atoms with Crippen molar-refractivity contribution in [2.75, 3.05) is 32.7 Å². The molecule has 0 aliphatic rings. The maximum Gasteiger partial charge on any atom is 0.195 e. The highest BCUT2D eigenvalue weighted by Gasteiger charge is 2.10. The molecule has 6 nitrogen and oxygen atoms in total. The van der Waals surface area contributed by atoms with Gasteiger partial charge in [-0.05, 0) is 19.1 Å². The minimum atomic E-state index is 0. The quantitative estimate of drug-likeness (QED) is 0.162. The average molecular weight is 552 g/mol. The van der Waals surface area contributed by atoms with Crippen LogP contribution in [0.4, 0.5) is 5.69 Å². The van der Waals surface area contributed by atoms with Crippen LogP contribution in [-0.2, 0) is 11.3 Å². The molecular weight excluding hydrogens is 523 g/mol. The van der Waals surface area contributed by atoms with Gasteiger partial charge in [0.1, 0.15) is 10.8 Å². The molecule has 0 radical (unpaired) electrons. The van der Waals surface area contributed by atoms with Gasteiger partial charge < -0.3 is 20.1 Å². The van der Waals surface area contributed by atoms with Crippen LogP contribution in [0, 0.1) is 6.92 Å². The lowest BCUT2D eigenvalue weighted by atomic mass is 10.2. The molecule has 0 saturated carbocycles. The molecule has 1 heterocycles. The number of aryl methyl sites for hydroxylation is 1. The fraction of sp³-hybridized carbons (Fsp3) is 0.304. The number of nitrogens with one attached hydrogen (secondary N) is 2. The number of guanidine groups is 1. The Morgan fingerprint density at radius 2 is 1.90 bits per heavy atom. The Labute approximate surface area is 205 Å². The minimum Gasteiger partial charge on any atom is -0.493 e. The van der Waals surface area contributed by atoms with Crippen LogP contribution in [0.5, 0.6) is 5.75 Å². The number of aromatic nitrogens is 1. The molecule has 0 aliphatic heterocycles. The van der Waals surface area contributed by atoms with Crippen molar-refractivity contribution in [3.8, 4) is 16.3 Å². The summed E-state index contributed by atoms with van der Waals surface area (Å²) >= 11 is 1.70. The summed E-state index contributed by atoms with van der Waals surface area (Å²) in [6, 6.07) is 18.1. The molecule has 0 aliphatic carbocycles. The van der Waals surface area contributed by atoms with E-state index in [0.29, 0.717) is 25.7 Å². The number of nitrogens with zero attached hydrogens (tertiary/aromatic N) is 2. The maximum absolute atomic E-state index is 5.77. The number of benzene rings is 2. The van der Waals surface area contributed by atoms with Crippen LogP contribution in [0.2, 0.25) is 0 Å². The van der Waals surface area contributed by atoms with Crippen LogP contribution >= 0.6 is 35.3 Å². The monoisotopic (exact) mass is 552 g/mol. The van der Waals surface area contributed by atoms with Gasteiger partial charge in [-0.1, -0.05) is 36.4 Å². The van der Waals surface area contributed by atoms with Crippen molar-refractivity contribution in [2.45, 2.75) is 19.9 Å². The fourth-order valence-corrected chi connectivity index (χ4v) is 3.84. The molecule has 2 N–H and O–H groups in total. The van der Waals surface area contributed by atoms with Gasteiger partial charge in [0.05, 0.1) is 18.8 Å². The van der Waals surface area contributed by atoms with E-state index in [9.17, 15) is 0 Å². The zero-order valence-corrected chi connectivity index (χ0v) is 21.2. The molecule has 166 valence electrons. The molecule has 0 atom stereocenters. The number of ether oxygens (including phenoxy) is 2. The van der Waals surface area contributed by atoms with Gasteiger partial charge in [-0.25, -0.2) is 4.98 Å². The van der Waals surface area contributed by atoms with Gasteiger partial charge in [0.25, 0.3) is 0 Å². The van der Waals surface area contributed by atoms with E-state index in [0.717, 1.165) is 34.1 Å². The Morgan fingerprint density at radius 3 is 2.65 bits per heavy atom. The Morgan fingerprint density at radius 1 is 1.10 bits per heavy atom. The molecule has 1 aromatic heterocycles. The first-order valence-corrected chi connectivity index (χ1v) is 10.7. The third-order valence-electron chi connectivity index (χ3n) is 4.41. The van der Waals surface area contributed by atoms with Crippen LogP contribution in [0.1, 0.15) is 17.0 Å². The summed E-state index contributed by atoms with van der Waals surface area (Å²) in [5.74, 6) is 1.51. The van der Waals surface area contributed by atoms with Gasteiger partial charge in [0, 0.05) is 49.4 Å². The molecule has 0 unspecified atom stereocenters. The highest BCUT2D eigenvalue weighted by Crippen LogP contribution is 2.27. The topological polar surface area (TPSA) is 67.8 Å². The average Bonchev–Trinajstić information content (AvgIpc) is 3.15. The lowest BCUT2D eigenvalue weighted by Crippen LogP contribution is -2.30. The van der Waals surface area contributed by atoms with Crippen molar-refractivity contribution < 1.29 is 9.47 Å². The van der Waals surface area contributed by atoms with Crippen LogP contribution in [0.25, 0.3) is 10.6 Å². The summed E-state index contributed by atoms with van der Waals surface area (Å²) in [6.07, 6.45) is 0.858. The van der Waals surface area contributed by atoms with Crippen molar-refractivity contribution in [2.24, 2.45) is 4.99 Å². The number of thiazole rings is 1. The molecule has 0 saturated heterocycles. The summed E-state index contributed by atoms with van der Waals surface area (Å²) in [5, 5.41) is 7.72. The van der Waals surface area contributed by atoms with E-state index in [-0.39, 0.29) is 24.0 Å². The van der Waals surface area contributed by atoms with E-state index in [1.54, 1.807) is 25.5 Å². The van der Waals surface area contributed by atoms with Crippen molar-refractivity contribution in [3.05, 3.63) is 65.2 Å². The molecular formula is C23H29IN4O2S. The predicted octanol–water partition coefficient (Wildman–Crippen LogP) is 5.34. The van der Waals surface area contributed by atoms with Crippen LogP contribution in [-0.4, -0.2) is 38.3 Å². The summed E-state index contributed by atoms with van der Waals surface area (Å²) in [6.45, 7) is 4.01. The van der Waals surface area contributed by atoms with Gasteiger partial charge in [0.15, 0.2) is 5.96 Å². The maximum atomic E-state index is 5.77. The lowest BCUT2D eigenvalue weighted by Gasteiger charge is -2.13. The van der Waals surface area contributed by atoms with E-state index in [2.05, 4.69) is 27.8 Å². The highest BCUT2D eigenvalue weighted by atomic mass is 127. The van der Waals surface area contributed by atoms with Crippen LogP contribution in [0.3, 0.4) is 0 Å². The first-order chi connectivity index (χ1) is 14.7. The minimum absolute atomic E-state index is 0. The molecule has 0 fully saturated rings. The summed E-state index contributed by atoms with van der Waals surface area (Å²) < 4.78 is 10.8. The predicted molar refractivity (Wildman–Crippen MR) is 140 cm³/mol. The van der Waals surface area contributed by atoms with E-state index in [1.807, 2.05) is 49.4 Å².